The van der Waals surface area contributed by atoms with Crippen molar-refractivity contribution in [3.63, 3.8) is 0 Å². The number of allylic oxidation sites excluding steroid dienone is 2. The van der Waals surface area contributed by atoms with Gasteiger partial charge in [0, 0.05) is 60.3 Å². The van der Waals surface area contributed by atoms with Crippen molar-refractivity contribution in [1.82, 2.24) is 19.9 Å². The van der Waals surface area contributed by atoms with E-state index in [0.29, 0.717) is 30.8 Å². The Bertz CT molecular complexity index is 1040. The molecule has 0 radical (unpaired) electrons. The molecule has 5 rings (SSSR count). The molecule has 1 aliphatic heterocycles. The maximum Gasteiger partial charge on any atom is 0.225 e. The lowest BCUT2D eigenvalue weighted by molar-refractivity contribution is 0.484. The second kappa shape index (κ2) is 8.20. The smallest absolute Gasteiger partial charge is 0.225 e. The molecule has 3 aliphatic rings. The maximum atomic E-state index is 14.5. The Hall–Kier alpha value is -2.94. The fraction of sp³-hybridized carbons (Fsp3) is 0.522. The lowest BCUT2D eigenvalue weighted by Gasteiger charge is -2.34. The number of hydrogen-bond donors (Lipinski definition) is 3. The van der Waals surface area contributed by atoms with Crippen LogP contribution in [0.4, 0.5) is 16.3 Å². The van der Waals surface area contributed by atoms with Crippen molar-refractivity contribution in [2.24, 2.45) is 5.73 Å². The van der Waals surface area contributed by atoms with Gasteiger partial charge in [-0.3, -0.25) is 0 Å². The van der Waals surface area contributed by atoms with Gasteiger partial charge in [-0.25, -0.2) is 24.3 Å². The quantitative estimate of drug-likeness (QED) is 0.658. The van der Waals surface area contributed by atoms with Crippen LogP contribution in [0.5, 0.6) is 0 Å². The first-order chi connectivity index (χ1) is 15.4. The van der Waals surface area contributed by atoms with Gasteiger partial charge < -0.3 is 21.4 Å². The normalized spacial score (nSPS) is 24.4. The molecule has 32 heavy (non-hydrogen) atoms. The van der Waals surface area contributed by atoms with Gasteiger partial charge in [-0.1, -0.05) is 6.92 Å². The van der Waals surface area contributed by atoms with Gasteiger partial charge in [-0.05, 0) is 44.6 Å². The highest BCUT2D eigenvalue weighted by atomic mass is 19.1. The molecule has 0 amide bonds. The van der Waals surface area contributed by atoms with Gasteiger partial charge in [0.15, 0.2) is 0 Å². The van der Waals surface area contributed by atoms with E-state index in [1.165, 1.54) is 6.08 Å². The Morgan fingerprint density at radius 3 is 2.50 bits per heavy atom. The Morgan fingerprint density at radius 2 is 1.84 bits per heavy atom. The summed E-state index contributed by atoms with van der Waals surface area (Å²) in [5, 5.41) is 11.1. The monoisotopic (exact) mass is 436 g/mol. The van der Waals surface area contributed by atoms with Crippen LogP contribution >= 0.6 is 0 Å². The van der Waals surface area contributed by atoms with Crippen LogP contribution in [-0.4, -0.2) is 50.8 Å². The predicted molar refractivity (Wildman–Crippen MR) is 123 cm³/mol. The van der Waals surface area contributed by atoms with Gasteiger partial charge in [0.1, 0.15) is 5.83 Å². The fourth-order valence-electron chi connectivity index (χ4n) is 4.35. The molecule has 9 heteroatoms. The van der Waals surface area contributed by atoms with Crippen molar-refractivity contribution in [2.75, 3.05) is 23.3 Å². The van der Waals surface area contributed by atoms with Crippen LogP contribution in [-0.2, 0) is 5.41 Å². The number of piperidine rings is 1. The Balaban J connectivity index is 1.54. The molecule has 3 heterocycles. The third kappa shape index (κ3) is 4.21. The average molecular weight is 437 g/mol. The Labute approximate surface area is 187 Å². The van der Waals surface area contributed by atoms with E-state index in [1.807, 2.05) is 6.92 Å². The molecule has 2 aromatic heterocycles. The van der Waals surface area contributed by atoms with E-state index in [2.05, 4.69) is 25.2 Å². The third-order valence-corrected chi connectivity index (χ3v) is 6.64. The number of aromatic nitrogens is 4. The summed E-state index contributed by atoms with van der Waals surface area (Å²) in [6, 6.07) is 0.685. The molecule has 1 unspecified atom stereocenters. The predicted octanol–water partition coefficient (Wildman–Crippen LogP) is 3.36. The summed E-state index contributed by atoms with van der Waals surface area (Å²) in [6.07, 6.45) is 11.9. The molecular formula is C23H29FN8. The highest BCUT2D eigenvalue weighted by molar-refractivity contribution is 5.97. The van der Waals surface area contributed by atoms with Crippen molar-refractivity contribution >= 4 is 17.6 Å². The topological polar surface area (TPSA) is 117 Å². The van der Waals surface area contributed by atoms with Gasteiger partial charge in [0.2, 0.25) is 11.9 Å². The van der Waals surface area contributed by atoms with E-state index in [0.717, 1.165) is 55.6 Å². The van der Waals surface area contributed by atoms with E-state index in [-0.39, 0.29) is 11.8 Å². The summed E-state index contributed by atoms with van der Waals surface area (Å²) in [7, 11) is 0. The number of nitrogens with one attached hydrogen (secondary N) is 2. The minimum atomic E-state index is -0.654. The summed E-state index contributed by atoms with van der Waals surface area (Å²) in [5.41, 5.74) is 7.78. The number of anilines is 2. The fourth-order valence-corrected chi connectivity index (χ4v) is 4.35. The largest absolute Gasteiger partial charge is 0.351 e. The zero-order chi connectivity index (χ0) is 22.3. The number of rotatable bonds is 5. The molecule has 2 aliphatic carbocycles. The van der Waals surface area contributed by atoms with Crippen molar-refractivity contribution in [1.29, 1.82) is 5.41 Å². The Morgan fingerprint density at radius 1 is 1.12 bits per heavy atom. The molecule has 0 spiro atoms. The molecule has 1 saturated heterocycles. The summed E-state index contributed by atoms with van der Waals surface area (Å²) in [5.74, 6) is 0.775. The lowest BCUT2D eigenvalue weighted by Crippen LogP contribution is -2.41. The molecule has 1 saturated carbocycles. The average Bonchev–Trinajstić information content (AvgIpc) is 3.61. The molecule has 2 aromatic rings. The van der Waals surface area contributed by atoms with E-state index in [9.17, 15) is 4.39 Å². The van der Waals surface area contributed by atoms with E-state index in [4.69, 9.17) is 16.1 Å². The zero-order valence-corrected chi connectivity index (χ0v) is 18.3. The van der Waals surface area contributed by atoms with Crippen molar-refractivity contribution in [3.05, 3.63) is 36.2 Å². The number of nitrogens with zero attached hydrogens (tertiary/aromatic N) is 5. The highest BCUT2D eigenvalue weighted by Crippen LogP contribution is 2.40. The third-order valence-electron chi connectivity index (χ3n) is 6.64. The van der Waals surface area contributed by atoms with E-state index < -0.39 is 11.2 Å². The molecule has 168 valence electrons. The van der Waals surface area contributed by atoms with Crippen LogP contribution in [0.15, 0.2) is 30.5 Å². The van der Waals surface area contributed by atoms with Crippen LogP contribution in [0.2, 0.25) is 0 Å². The summed E-state index contributed by atoms with van der Waals surface area (Å²) < 4.78 is 14.5. The standard InChI is InChI=1S/C23H29FN8/c1-23(7-4-19(26)18(24)10-23)20-17(14-11-27-21(28-12-14)30-16-2-3-16)13-29-22(31-20)32-8-5-15(25)6-9-32/h10-13,15-16,26H,2-9,25H2,1H3,(H,27,28,30). The number of hydrogen-bond acceptors (Lipinski definition) is 8. The number of halogens is 1. The first kappa shape index (κ1) is 20.9. The van der Waals surface area contributed by atoms with Gasteiger partial charge in [-0.2, -0.15) is 0 Å². The van der Waals surface area contributed by atoms with Gasteiger partial charge in [-0.15, -0.1) is 0 Å². The molecule has 2 fully saturated rings. The lowest BCUT2D eigenvalue weighted by atomic mass is 9.75. The second-order valence-corrected chi connectivity index (χ2v) is 9.36. The molecule has 0 bridgehead atoms. The summed E-state index contributed by atoms with van der Waals surface area (Å²) in [4.78, 5) is 20.7. The van der Waals surface area contributed by atoms with E-state index in [1.54, 1.807) is 18.6 Å². The highest BCUT2D eigenvalue weighted by Gasteiger charge is 2.35. The number of nitrogens with two attached hydrogens (primary N) is 1. The first-order valence-corrected chi connectivity index (χ1v) is 11.3. The zero-order valence-electron chi connectivity index (χ0n) is 18.3. The summed E-state index contributed by atoms with van der Waals surface area (Å²) >= 11 is 0. The van der Waals surface area contributed by atoms with Crippen LogP contribution in [0.25, 0.3) is 11.1 Å². The van der Waals surface area contributed by atoms with E-state index >= 15 is 0 Å². The van der Waals surface area contributed by atoms with Gasteiger partial charge in [0.25, 0.3) is 0 Å². The van der Waals surface area contributed by atoms with Crippen molar-refractivity contribution in [2.45, 2.75) is 62.9 Å². The minimum absolute atomic E-state index is 0.0437. The van der Waals surface area contributed by atoms with Crippen molar-refractivity contribution in [3.8, 4) is 11.1 Å². The second-order valence-electron chi connectivity index (χ2n) is 9.36. The molecule has 0 aromatic carbocycles. The van der Waals surface area contributed by atoms with Gasteiger partial charge in [0.05, 0.1) is 11.4 Å². The summed E-state index contributed by atoms with van der Waals surface area (Å²) in [6.45, 7) is 3.58. The van der Waals surface area contributed by atoms with Crippen molar-refractivity contribution < 1.29 is 4.39 Å². The maximum absolute atomic E-state index is 14.5. The molecule has 4 N–H and O–H groups in total. The minimum Gasteiger partial charge on any atom is -0.351 e. The Kier molecular flexibility index (Phi) is 5.36. The van der Waals surface area contributed by atoms with Crippen LogP contribution in [0.1, 0.15) is 51.1 Å². The van der Waals surface area contributed by atoms with Crippen LogP contribution in [0.3, 0.4) is 0 Å². The van der Waals surface area contributed by atoms with Crippen LogP contribution < -0.4 is 16.0 Å². The van der Waals surface area contributed by atoms with Gasteiger partial charge >= 0.3 is 0 Å². The SMILES string of the molecule is CC1(c2nc(N3CCC(N)CC3)ncc2-c2cnc(NC3CC3)nc2)C=C(F)C(=N)CC1. The van der Waals surface area contributed by atoms with Crippen LogP contribution in [0, 0.1) is 5.41 Å². The molecule has 8 nitrogen and oxygen atoms in total. The molecular weight excluding hydrogens is 407 g/mol. The first-order valence-electron chi connectivity index (χ1n) is 11.3. The molecule has 1 atom stereocenters.